The molecule has 2 aromatic rings. The maximum atomic E-state index is 12.4. The van der Waals surface area contributed by atoms with E-state index in [2.05, 4.69) is 5.32 Å². The third-order valence-electron chi connectivity index (χ3n) is 4.11. The molecule has 0 saturated heterocycles. The minimum atomic E-state index is -0.0858. The van der Waals surface area contributed by atoms with Gasteiger partial charge in [-0.2, -0.15) is 0 Å². The van der Waals surface area contributed by atoms with E-state index in [4.69, 9.17) is 10.2 Å². The number of para-hydroxylation sites is 1. The van der Waals surface area contributed by atoms with Gasteiger partial charge in [-0.15, -0.1) is 0 Å². The van der Waals surface area contributed by atoms with Gasteiger partial charge in [-0.3, -0.25) is 4.79 Å². The topological polar surface area (TPSA) is 68.3 Å². The van der Waals surface area contributed by atoms with Crippen LogP contribution in [0, 0.1) is 0 Å². The predicted octanol–water partition coefficient (Wildman–Crippen LogP) is 2.82. The summed E-state index contributed by atoms with van der Waals surface area (Å²) in [4.78, 5) is 12.4. The van der Waals surface area contributed by atoms with Gasteiger partial charge < -0.3 is 15.5 Å². The molecular weight excluding hydrogens is 252 g/mol. The summed E-state index contributed by atoms with van der Waals surface area (Å²) in [6, 6.07) is 7.70. The maximum absolute atomic E-state index is 12.4. The molecule has 0 bridgehead atoms. The molecule has 20 heavy (non-hydrogen) atoms. The molecule has 1 heterocycles. The Balaban J connectivity index is 1.78. The Bertz CT molecular complexity index is 605. The number of amides is 1. The van der Waals surface area contributed by atoms with Crippen LogP contribution >= 0.6 is 0 Å². The number of carbonyl (C=O) groups excluding carboxylic acids is 1. The van der Waals surface area contributed by atoms with Crippen molar-refractivity contribution >= 4 is 16.9 Å². The van der Waals surface area contributed by atoms with Gasteiger partial charge in [0.05, 0.1) is 5.56 Å². The first-order chi connectivity index (χ1) is 9.75. The number of hydrogen-bond donors (Lipinski definition) is 2. The fourth-order valence-corrected chi connectivity index (χ4v) is 2.92. The first kappa shape index (κ1) is 13.2. The van der Waals surface area contributed by atoms with Crippen LogP contribution in [0.4, 0.5) is 0 Å². The summed E-state index contributed by atoms with van der Waals surface area (Å²) in [6.45, 7) is 0. The lowest BCUT2D eigenvalue weighted by atomic mass is 10.0. The smallest absolute Gasteiger partial charge is 0.255 e. The summed E-state index contributed by atoms with van der Waals surface area (Å²) in [7, 11) is 0. The van der Waals surface area contributed by atoms with Gasteiger partial charge >= 0.3 is 0 Å². The van der Waals surface area contributed by atoms with Crippen LogP contribution in [0.2, 0.25) is 0 Å². The van der Waals surface area contributed by atoms with Gasteiger partial charge in [0.2, 0.25) is 0 Å². The van der Waals surface area contributed by atoms with Gasteiger partial charge in [0.15, 0.2) is 0 Å². The van der Waals surface area contributed by atoms with E-state index < -0.39 is 0 Å². The molecular formula is C16H20N2O2. The van der Waals surface area contributed by atoms with Crippen LogP contribution in [0.3, 0.4) is 0 Å². The largest absolute Gasteiger partial charge is 0.463 e. The molecule has 0 aliphatic heterocycles. The van der Waals surface area contributed by atoms with E-state index in [1.807, 2.05) is 24.3 Å². The molecule has 1 saturated carbocycles. The van der Waals surface area contributed by atoms with E-state index in [9.17, 15) is 4.79 Å². The number of hydrogen-bond acceptors (Lipinski definition) is 3. The van der Waals surface area contributed by atoms with Crippen LogP contribution < -0.4 is 11.1 Å². The molecule has 1 amide bonds. The zero-order chi connectivity index (χ0) is 13.9. The molecule has 1 fully saturated rings. The van der Waals surface area contributed by atoms with Gasteiger partial charge in [0.1, 0.15) is 11.8 Å². The van der Waals surface area contributed by atoms with Gasteiger partial charge in [-0.25, -0.2) is 0 Å². The van der Waals surface area contributed by atoms with E-state index in [0.29, 0.717) is 5.56 Å². The number of rotatable bonds is 2. The molecule has 0 spiro atoms. The first-order valence-electron chi connectivity index (χ1n) is 7.28. The van der Waals surface area contributed by atoms with Gasteiger partial charge in [0, 0.05) is 17.5 Å². The van der Waals surface area contributed by atoms with Crippen LogP contribution in [-0.4, -0.2) is 18.0 Å². The van der Waals surface area contributed by atoms with Crippen molar-refractivity contribution < 1.29 is 9.21 Å². The van der Waals surface area contributed by atoms with E-state index in [-0.39, 0.29) is 18.0 Å². The molecule has 2 unspecified atom stereocenters. The summed E-state index contributed by atoms with van der Waals surface area (Å²) in [5.74, 6) is -0.0858. The maximum Gasteiger partial charge on any atom is 0.255 e. The van der Waals surface area contributed by atoms with Crippen molar-refractivity contribution in [2.24, 2.45) is 5.73 Å². The second-order valence-electron chi connectivity index (χ2n) is 5.53. The summed E-state index contributed by atoms with van der Waals surface area (Å²) in [5, 5.41) is 3.93. The fourth-order valence-electron chi connectivity index (χ4n) is 2.92. The Hall–Kier alpha value is -1.81. The molecule has 2 atom stereocenters. The highest BCUT2D eigenvalue weighted by Crippen LogP contribution is 2.22. The van der Waals surface area contributed by atoms with Gasteiger partial charge in [-0.05, 0) is 18.9 Å². The molecule has 1 aliphatic rings. The van der Waals surface area contributed by atoms with Gasteiger partial charge in [-0.1, -0.05) is 37.5 Å². The molecule has 1 aromatic heterocycles. The fraction of sp³-hybridized carbons (Fsp3) is 0.438. The first-order valence-corrected chi connectivity index (χ1v) is 7.28. The monoisotopic (exact) mass is 272 g/mol. The number of furan rings is 1. The Morgan fingerprint density at radius 3 is 2.90 bits per heavy atom. The minimum absolute atomic E-state index is 0.0552. The Kier molecular flexibility index (Phi) is 3.74. The predicted molar refractivity (Wildman–Crippen MR) is 78.5 cm³/mol. The third-order valence-corrected chi connectivity index (χ3v) is 4.11. The average Bonchev–Trinajstić information content (AvgIpc) is 2.79. The Labute approximate surface area is 118 Å². The third kappa shape index (κ3) is 2.56. The number of carbonyl (C=O) groups is 1. The number of nitrogens with one attached hydrogen (secondary N) is 1. The van der Waals surface area contributed by atoms with Crippen LogP contribution in [-0.2, 0) is 0 Å². The quantitative estimate of drug-likeness (QED) is 0.826. The lowest BCUT2D eigenvalue weighted by Crippen LogP contribution is -2.46. The van der Waals surface area contributed by atoms with Crippen molar-refractivity contribution in [1.82, 2.24) is 5.32 Å². The van der Waals surface area contributed by atoms with Crippen molar-refractivity contribution in [3.05, 3.63) is 36.1 Å². The molecule has 3 N–H and O–H groups in total. The summed E-state index contributed by atoms with van der Waals surface area (Å²) < 4.78 is 5.42. The molecule has 4 nitrogen and oxygen atoms in total. The Morgan fingerprint density at radius 1 is 1.20 bits per heavy atom. The van der Waals surface area contributed by atoms with Crippen molar-refractivity contribution in [1.29, 1.82) is 0 Å². The summed E-state index contributed by atoms with van der Waals surface area (Å²) in [5.41, 5.74) is 7.49. The van der Waals surface area contributed by atoms with Crippen molar-refractivity contribution in [2.75, 3.05) is 0 Å². The highest BCUT2D eigenvalue weighted by Gasteiger charge is 2.23. The summed E-state index contributed by atoms with van der Waals surface area (Å²) in [6.07, 6.45) is 6.96. The molecule has 1 aliphatic carbocycles. The standard InChI is InChI=1S/C16H20N2O2/c17-13-7-2-1-3-8-14(13)18-16(19)12-10-20-15-9-5-4-6-11(12)15/h4-6,9-10,13-14H,1-3,7-8,17H2,(H,18,19). The highest BCUT2D eigenvalue weighted by molar-refractivity contribution is 6.06. The number of fused-ring (bicyclic) bond motifs is 1. The van der Waals surface area contributed by atoms with Gasteiger partial charge in [0.25, 0.3) is 5.91 Å². The number of nitrogens with two attached hydrogens (primary N) is 1. The van der Waals surface area contributed by atoms with E-state index >= 15 is 0 Å². The zero-order valence-corrected chi connectivity index (χ0v) is 11.5. The molecule has 4 heteroatoms. The second kappa shape index (κ2) is 5.67. The molecule has 0 radical (unpaired) electrons. The zero-order valence-electron chi connectivity index (χ0n) is 11.5. The molecule has 106 valence electrons. The van der Waals surface area contributed by atoms with E-state index in [0.717, 1.165) is 36.7 Å². The minimum Gasteiger partial charge on any atom is -0.463 e. The second-order valence-corrected chi connectivity index (χ2v) is 5.53. The van der Waals surface area contributed by atoms with Crippen LogP contribution in [0.25, 0.3) is 11.0 Å². The van der Waals surface area contributed by atoms with Crippen LogP contribution in [0.1, 0.15) is 42.5 Å². The summed E-state index contributed by atoms with van der Waals surface area (Å²) >= 11 is 0. The highest BCUT2D eigenvalue weighted by atomic mass is 16.3. The van der Waals surface area contributed by atoms with Crippen molar-refractivity contribution in [2.45, 2.75) is 44.2 Å². The number of benzene rings is 1. The van der Waals surface area contributed by atoms with Crippen molar-refractivity contribution in [3.8, 4) is 0 Å². The molecule has 3 rings (SSSR count). The molecule has 1 aromatic carbocycles. The van der Waals surface area contributed by atoms with Crippen LogP contribution in [0.5, 0.6) is 0 Å². The van der Waals surface area contributed by atoms with E-state index in [1.165, 1.54) is 12.7 Å². The van der Waals surface area contributed by atoms with Crippen LogP contribution in [0.15, 0.2) is 34.9 Å². The Morgan fingerprint density at radius 2 is 2.00 bits per heavy atom. The SMILES string of the molecule is NC1CCCCCC1NC(=O)c1coc2ccccc12. The lowest BCUT2D eigenvalue weighted by Gasteiger charge is -2.22. The average molecular weight is 272 g/mol. The normalized spacial score (nSPS) is 23.4. The van der Waals surface area contributed by atoms with Crippen molar-refractivity contribution in [3.63, 3.8) is 0 Å². The lowest BCUT2D eigenvalue weighted by molar-refractivity contribution is 0.0929. The van der Waals surface area contributed by atoms with E-state index in [1.54, 1.807) is 0 Å².